The van der Waals surface area contributed by atoms with Gasteiger partial charge in [0, 0.05) is 79.4 Å². The molecule has 0 bridgehead atoms. The second-order valence-corrected chi connectivity index (χ2v) is 22.4. The molecule has 5 amide bonds. The molecule has 0 fully saturated rings. The molecule has 6 N–H and O–H groups in total. The van der Waals surface area contributed by atoms with Crippen molar-refractivity contribution in [3.05, 3.63) is 63.0 Å². The van der Waals surface area contributed by atoms with Crippen molar-refractivity contribution in [3.8, 4) is 22.9 Å². The maximum Gasteiger partial charge on any atom is 0.343 e. The Hall–Kier alpha value is -7.12. The van der Waals surface area contributed by atoms with Gasteiger partial charge in [0.2, 0.25) is 24.5 Å². The number of aliphatic hydroxyl groups is 1. The average molecular weight is 1280 g/mol. The molecule has 4 aliphatic rings. The van der Waals surface area contributed by atoms with Crippen LogP contribution in [0.2, 0.25) is 0 Å². The number of rotatable bonds is 46. The number of amides is 5. The number of nitrogens with two attached hydrogens (primary N) is 1. The predicted molar refractivity (Wildman–Crippen MR) is 324 cm³/mol. The van der Waals surface area contributed by atoms with Gasteiger partial charge in [-0.1, -0.05) is 27.2 Å². The van der Waals surface area contributed by atoms with Crippen LogP contribution in [0.25, 0.3) is 22.3 Å². The van der Waals surface area contributed by atoms with Crippen LogP contribution in [0.3, 0.4) is 0 Å². The highest BCUT2D eigenvalue weighted by Crippen LogP contribution is 2.43. The highest BCUT2D eigenvalue weighted by atomic mass is 16.7. The van der Waals surface area contributed by atoms with Crippen LogP contribution < -0.4 is 36.7 Å². The first-order chi connectivity index (χ1) is 44.0. The number of unbranched alkanes of at least 4 members (excludes halogenated alkanes) is 1. The number of nitrogens with one attached hydrogen (secondary N) is 3. The molecule has 2 aromatic heterocycles. The van der Waals surface area contributed by atoms with Crippen molar-refractivity contribution >= 4 is 58.0 Å². The maximum absolute atomic E-state index is 14.0. The summed E-state index contributed by atoms with van der Waals surface area (Å²) in [6, 6.07) is 4.28. The van der Waals surface area contributed by atoms with E-state index in [-0.39, 0.29) is 132 Å². The molecule has 7 rings (SSSR count). The molecule has 28 nitrogen and oxygen atoms in total. The molecular weight excluding hydrogens is 1190 g/mol. The molecule has 0 unspecified atom stereocenters. The summed E-state index contributed by atoms with van der Waals surface area (Å²) in [6.07, 6.45) is 3.92. The van der Waals surface area contributed by atoms with E-state index < -0.39 is 46.8 Å². The minimum atomic E-state index is -2.01. The highest BCUT2D eigenvalue weighted by molar-refractivity contribution is 6.13. The number of esters is 1. The number of pyridine rings is 2. The first kappa shape index (κ1) is 71.3. The van der Waals surface area contributed by atoms with E-state index in [2.05, 4.69) is 16.0 Å². The van der Waals surface area contributed by atoms with Gasteiger partial charge in [-0.05, 0) is 55.8 Å². The molecule has 6 heterocycles. The van der Waals surface area contributed by atoms with E-state index in [1.165, 1.54) is 16.7 Å². The Labute approximate surface area is 527 Å². The maximum atomic E-state index is 14.0. The fourth-order valence-electron chi connectivity index (χ4n) is 10.6. The van der Waals surface area contributed by atoms with E-state index in [4.69, 9.17) is 62.8 Å². The number of carbonyl (C=O) groups is 8. The van der Waals surface area contributed by atoms with Crippen molar-refractivity contribution < 1.29 is 95.6 Å². The number of cyclic esters (lactones) is 1. The molecule has 0 aliphatic carbocycles. The van der Waals surface area contributed by atoms with Gasteiger partial charge in [0.25, 0.3) is 17.4 Å². The van der Waals surface area contributed by atoms with Crippen molar-refractivity contribution in [2.45, 2.75) is 103 Å². The number of hydrogen-bond acceptors (Lipinski definition) is 23. The van der Waals surface area contributed by atoms with Crippen molar-refractivity contribution in [3.63, 3.8) is 0 Å². The molecule has 28 heteroatoms. The molecule has 0 spiro atoms. The van der Waals surface area contributed by atoms with Crippen LogP contribution in [0.15, 0.2) is 35.1 Å². The number of nitrogens with zero attached hydrogens (tertiary/aromatic N) is 3. The number of aryl methyl sites for hydroxylation is 1. The second kappa shape index (κ2) is 36.8. The molecule has 0 radical (unpaired) electrons. The largest absolute Gasteiger partial charge is 0.458 e. The van der Waals surface area contributed by atoms with Crippen LogP contribution in [0, 0.1) is 11.8 Å². The lowest BCUT2D eigenvalue weighted by atomic mass is 9.86. The molecule has 500 valence electrons. The Morgan fingerprint density at radius 1 is 0.703 bits per heavy atom. The first-order valence-electron chi connectivity index (χ1n) is 31.2. The standard InChI is InChI=1S/C63H87N7O21/c1-4-63(80)48-35-50-59-46(38-70(50)61(78)47(48)39-89-62(63)79)44(45-34-52-53(91-40-90-52)36-49(45)67-59)9-8-43(71)37-66-60(77)42(7-5-6-14-64)33-51(72)58(41(2)3)68-55(74)13-17-81-19-21-83-23-25-85-27-29-87-31-32-88-30-28-86-26-24-84-22-20-82-18-15-65-54(73)12-16-69-56(75)10-11-57(69)76/h10-11,34-36,41-42,58,80H,4-9,12-33,37-40,64H2,1-3H3,(H,65,73)(H,66,77)(H,68,74)/t42-,58+,63+/m1/s1. The molecule has 3 atom stereocenters. The molecule has 91 heavy (non-hydrogen) atoms. The topological polar surface area (TPSA) is 359 Å². The van der Waals surface area contributed by atoms with Crippen molar-refractivity contribution in [2.75, 3.05) is 139 Å². The summed E-state index contributed by atoms with van der Waals surface area (Å²) in [5.41, 5.74) is 6.51. The van der Waals surface area contributed by atoms with Gasteiger partial charge < -0.3 is 83.5 Å². The Morgan fingerprint density at radius 3 is 1.87 bits per heavy atom. The number of aromatic nitrogens is 2. The highest BCUT2D eigenvalue weighted by Gasteiger charge is 2.46. The van der Waals surface area contributed by atoms with E-state index >= 15 is 0 Å². The third-order valence-corrected chi connectivity index (χ3v) is 15.7. The van der Waals surface area contributed by atoms with Crippen LogP contribution in [-0.2, 0) is 106 Å². The fraction of sp³-hybridized carbons (Fsp3) is 0.619. The van der Waals surface area contributed by atoms with Gasteiger partial charge in [-0.3, -0.25) is 43.3 Å². The molecular formula is C63H87N7O21. The van der Waals surface area contributed by atoms with Crippen LogP contribution in [0.5, 0.6) is 11.5 Å². The molecule has 0 saturated heterocycles. The minimum Gasteiger partial charge on any atom is -0.458 e. The number of carbonyl (C=O) groups excluding carboxylic acids is 8. The molecule has 3 aromatic rings. The van der Waals surface area contributed by atoms with Crippen molar-refractivity contribution in [2.24, 2.45) is 17.6 Å². The van der Waals surface area contributed by atoms with E-state index in [1.54, 1.807) is 25.1 Å². The summed E-state index contributed by atoms with van der Waals surface area (Å²) in [7, 11) is 0. The minimum absolute atomic E-state index is 0.00255. The molecule has 1 aromatic carbocycles. The van der Waals surface area contributed by atoms with Crippen molar-refractivity contribution in [1.29, 1.82) is 0 Å². The van der Waals surface area contributed by atoms with E-state index in [0.717, 1.165) is 10.5 Å². The van der Waals surface area contributed by atoms with Gasteiger partial charge in [0.1, 0.15) is 6.61 Å². The Kier molecular flexibility index (Phi) is 28.8. The third-order valence-electron chi connectivity index (χ3n) is 15.7. The number of Topliss-reactive ketones (excluding diaryl/α,β-unsaturated/α-hetero) is 2. The predicted octanol–water partition coefficient (Wildman–Crippen LogP) is 1.23. The van der Waals surface area contributed by atoms with E-state index in [9.17, 15) is 48.3 Å². The second-order valence-electron chi connectivity index (χ2n) is 22.4. The third kappa shape index (κ3) is 20.7. The Morgan fingerprint density at radius 2 is 1.29 bits per heavy atom. The van der Waals surface area contributed by atoms with Crippen molar-refractivity contribution in [1.82, 2.24) is 30.4 Å². The summed E-state index contributed by atoms with van der Waals surface area (Å²) in [4.78, 5) is 122. The van der Waals surface area contributed by atoms with Gasteiger partial charge in [-0.25, -0.2) is 9.78 Å². The lowest BCUT2D eigenvalue weighted by Gasteiger charge is -2.31. The summed E-state index contributed by atoms with van der Waals surface area (Å²) >= 11 is 0. The summed E-state index contributed by atoms with van der Waals surface area (Å²) in [6.45, 7) is 11.0. The summed E-state index contributed by atoms with van der Waals surface area (Å²) < 4.78 is 62.2. The summed E-state index contributed by atoms with van der Waals surface area (Å²) in [5.74, 6) is -3.50. The number of ketones is 2. The zero-order valence-electron chi connectivity index (χ0n) is 52.3. The van der Waals surface area contributed by atoms with Crippen LogP contribution in [0.4, 0.5) is 0 Å². The normalized spacial score (nSPS) is 16.1. The van der Waals surface area contributed by atoms with Gasteiger partial charge in [-0.2, -0.15) is 0 Å². The lowest BCUT2D eigenvalue weighted by molar-refractivity contribution is -0.172. The van der Waals surface area contributed by atoms with Gasteiger partial charge >= 0.3 is 5.97 Å². The number of imide groups is 1. The van der Waals surface area contributed by atoms with Crippen LogP contribution in [-0.4, -0.2) is 211 Å². The van der Waals surface area contributed by atoms with Crippen LogP contribution in [0.1, 0.15) is 94.4 Å². The van der Waals surface area contributed by atoms with E-state index in [1.807, 2.05) is 13.8 Å². The van der Waals surface area contributed by atoms with Gasteiger partial charge in [-0.15, -0.1) is 0 Å². The Balaban J connectivity index is 0.712. The number of benzene rings is 1. The van der Waals surface area contributed by atoms with E-state index in [0.29, 0.717) is 158 Å². The Bertz CT molecular complexity index is 3080. The summed E-state index contributed by atoms with van der Waals surface area (Å²) in [5, 5.41) is 20.4. The molecule has 4 aliphatic heterocycles. The van der Waals surface area contributed by atoms with Crippen LogP contribution >= 0.6 is 0 Å². The molecule has 0 saturated carbocycles. The zero-order chi connectivity index (χ0) is 65.1. The van der Waals surface area contributed by atoms with Gasteiger partial charge in [0.05, 0.1) is 147 Å². The number of fused-ring (bicyclic) bond motifs is 6. The first-order valence-corrected chi connectivity index (χ1v) is 31.2. The quantitative estimate of drug-likeness (QED) is 0.0236. The number of hydrogen-bond donors (Lipinski definition) is 5. The smallest absolute Gasteiger partial charge is 0.343 e. The zero-order valence-corrected chi connectivity index (χ0v) is 52.3. The fourth-order valence-corrected chi connectivity index (χ4v) is 10.6. The monoisotopic (exact) mass is 1280 g/mol. The average Bonchev–Trinajstić information content (AvgIpc) is 1.62. The number of ether oxygens (including phenoxy) is 11. The SMILES string of the molecule is CC[C@@]1(O)C(=O)OCc2c1cc1n(c2=O)Cc2c-1nc1cc3c(cc1c2CCC(=O)CNC(=O)[C@H](CCCCN)CC(=O)[C@@H](NC(=O)CCOCCOCCOCCOCCOCCOCCOCCOCCNC(=O)CCN1C(=O)C=CC1=O)C(C)C)OCO3. The lowest BCUT2D eigenvalue weighted by Crippen LogP contribution is -2.46. The van der Waals surface area contributed by atoms with Gasteiger partial charge in [0.15, 0.2) is 28.7 Å².